The molecule has 0 N–H and O–H groups in total. The zero-order valence-corrected chi connectivity index (χ0v) is 13.8. The van der Waals surface area contributed by atoms with Gasteiger partial charge >= 0.3 is 0 Å². The molecule has 0 heterocycles. The van der Waals surface area contributed by atoms with Crippen molar-refractivity contribution in [1.29, 1.82) is 0 Å². The van der Waals surface area contributed by atoms with Crippen LogP contribution < -0.4 is 4.74 Å². The molecule has 1 aliphatic rings. The van der Waals surface area contributed by atoms with Crippen molar-refractivity contribution < 1.29 is 4.74 Å². The molecule has 17 heavy (non-hydrogen) atoms. The van der Waals surface area contributed by atoms with E-state index in [2.05, 4.69) is 45.7 Å². The van der Waals surface area contributed by atoms with E-state index >= 15 is 0 Å². The van der Waals surface area contributed by atoms with E-state index in [0.717, 1.165) is 27.5 Å². The van der Waals surface area contributed by atoms with E-state index in [-0.39, 0.29) is 16.9 Å². The fraction of sp³-hybridized carbons (Fsp3) is 0.538. The van der Waals surface area contributed by atoms with Gasteiger partial charge in [0.15, 0.2) is 0 Å². The maximum atomic E-state index is 6.28. The predicted octanol–water partition coefficient (Wildman–Crippen LogP) is 5.39. The summed E-state index contributed by atoms with van der Waals surface area (Å²) in [5.41, 5.74) is 0.0913. The van der Waals surface area contributed by atoms with Crippen LogP contribution in [0.5, 0.6) is 5.75 Å². The third-order valence-electron chi connectivity index (χ3n) is 3.80. The van der Waals surface area contributed by atoms with Crippen LogP contribution in [0, 0.1) is 5.41 Å². The summed E-state index contributed by atoms with van der Waals surface area (Å²) < 4.78 is 8.08. The number of halogens is 3. The Bertz CT molecular complexity index is 424. The monoisotopic (exact) mass is 380 g/mol. The van der Waals surface area contributed by atoms with Crippen LogP contribution in [0.1, 0.15) is 26.7 Å². The molecule has 0 bridgehead atoms. The number of alkyl halides is 1. The average Bonchev–Trinajstić information content (AvgIpc) is 2.30. The molecule has 0 amide bonds. The first-order valence-corrected chi connectivity index (χ1v) is 7.75. The summed E-state index contributed by atoms with van der Waals surface area (Å²) in [6.45, 7) is 4.37. The molecule has 3 atom stereocenters. The van der Waals surface area contributed by atoms with E-state index < -0.39 is 0 Å². The largest absolute Gasteiger partial charge is 0.489 e. The molecule has 1 fully saturated rings. The topological polar surface area (TPSA) is 9.23 Å². The Kier molecular flexibility index (Phi) is 4.11. The summed E-state index contributed by atoms with van der Waals surface area (Å²) in [5.74, 6) is 0.890. The molecule has 4 heteroatoms. The lowest BCUT2D eigenvalue weighted by Gasteiger charge is -2.50. The molecule has 1 aromatic rings. The number of ether oxygens (including phenoxy) is 1. The Morgan fingerprint density at radius 3 is 2.71 bits per heavy atom. The SMILES string of the molecule is CCC1(C)C(Cl)CC1Oc1ccc(Br)cc1Br. The van der Waals surface area contributed by atoms with E-state index in [0.29, 0.717) is 0 Å². The maximum Gasteiger partial charge on any atom is 0.134 e. The number of hydrogen-bond donors (Lipinski definition) is 0. The third kappa shape index (κ3) is 2.52. The second kappa shape index (κ2) is 5.10. The highest BCUT2D eigenvalue weighted by molar-refractivity contribution is 9.11. The van der Waals surface area contributed by atoms with Gasteiger partial charge in [0.25, 0.3) is 0 Å². The Hall–Kier alpha value is 0.270. The van der Waals surface area contributed by atoms with Gasteiger partial charge in [0.1, 0.15) is 11.9 Å². The normalized spacial score (nSPS) is 32.1. The van der Waals surface area contributed by atoms with E-state index in [4.69, 9.17) is 16.3 Å². The first-order chi connectivity index (χ1) is 7.97. The molecule has 0 aliphatic heterocycles. The molecule has 0 radical (unpaired) electrons. The van der Waals surface area contributed by atoms with Gasteiger partial charge in [-0.25, -0.2) is 0 Å². The highest BCUT2D eigenvalue weighted by Crippen LogP contribution is 2.49. The first kappa shape index (κ1) is 13.7. The molecule has 1 nitrogen and oxygen atoms in total. The molecule has 0 saturated heterocycles. The molecular formula is C13H15Br2ClO. The minimum Gasteiger partial charge on any atom is -0.489 e. The molecule has 0 aromatic heterocycles. The Labute approximate surface area is 124 Å². The summed E-state index contributed by atoms with van der Waals surface area (Å²) >= 11 is 13.2. The molecule has 1 aliphatic carbocycles. The first-order valence-electron chi connectivity index (χ1n) is 5.73. The van der Waals surface area contributed by atoms with Crippen molar-refractivity contribution in [2.75, 3.05) is 0 Å². The van der Waals surface area contributed by atoms with Crippen molar-refractivity contribution in [3.63, 3.8) is 0 Å². The molecule has 1 saturated carbocycles. The minimum atomic E-state index is 0.0913. The van der Waals surface area contributed by atoms with E-state index in [1.165, 1.54) is 0 Å². The van der Waals surface area contributed by atoms with Gasteiger partial charge in [-0.2, -0.15) is 0 Å². The van der Waals surface area contributed by atoms with Crippen molar-refractivity contribution in [3.8, 4) is 5.75 Å². The lowest BCUT2D eigenvalue weighted by atomic mass is 9.65. The van der Waals surface area contributed by atoms with Gasteiger partial charge in [-0.05, 0) is 40.5 Å². The smallest absolute Gasteiger partial charge is 0.134 e. The number of hydrogen-bond acceptors (Lipinski definition) is 1. The summed E-state index contributed by atoms with van der Waals surface area (Å²) in [7, 11) is 0. The zero-order valence-electron chi connectivity index (χ0n) is 9.84. The maximum absolute atomic E-state index is 6.28. The van der Waals surface area contributed by atoms with Crippen molar-refractivity contribution in [2.24, 2.45) is 5.41 Å². The summed E-state index contributed by atoms with van der Waals surface area (Å²) in [6.07, 6.45) is 2.18. The van der Waals surface area contributed by atoms with Crippen LogP contribution in [-0.2, 0) is 0 Å². The second-order valence-electron chi connectivity index (χ2n) is 4.74. The van der Waals surface area contributed by atoms with Crippen molar-refractivity contribution in [3.05, 3.63) is 27.1 Å². The zero-order chi connectivity index (χ0) is 12.6. The van der Waals surface area contributed by atoms with Gasteiger partial charge in [0, 0.05) is 21.7 Å². The van der Waals surface area contributed by atoms with Crippen molar-refractivity contribution >= 4 is 43.5 Å². The van der Waals surface area contributed by atoms with Crippen LogP contribution in [0.15, 0.2) is 27.1 Å². The predicted molar refractivity (Wildman–Crippen MR) is 78.9 cm³/mol. The fourth-order valence-corrected chi connectivity index (χ4v) is 3.72. The minimum absolute atomic E-state index is 0.0913. The van der Waals surface area contributed by atoms with Gasteiger partial charge in [-0.3, -0.25) is 0 Å². The van der Waals surface area contributed by atoms with Crippen LogP contribution in [0.3, 0.4) is 0 Å². The van der Waals surface area contributed by atoms with Crippen LogP contribution in [0.25, 0.3) is 0 Å². The Balaban J connectivity index is 2.12. The van der Waals surface area contributed by atoms with Gasteiger partial charge in [0.2, 0.25) is 0 Å². The van der Waals surface area contributed by atoms with Gasteiger partial charge in [0.05, 0.1) is 4.47 Å². The molecule has 0 spiro atoms. The van der Waals surface area contributed by atoms with Gasteiger partial charge in [-0.15, -0.1) is 11.6 Å². The Morgan fingerprint density at radius 2 is 2.18 bits per heavy atom. The molecule has 94 valence electrons. The Morgan fingerprint density at radius 1 is 1.47 bits per heavy atom. The molecule has 3 unspecified atom stereocenters. The summed E-state index contributed by atoms with van der Waals surface area (Å²) in [4.78, 5) is 0. The standard InChI is InChI=1S/C13H15Br2ClO/c1-3-13(2)11(16)7-12(13)17-10-5-4-8(14)6-9(10)15/h4-6,11-12H,3,7H2,1-2H3. The molecule has 1 aromatic carbocycles. The summed E-state index contributed by atoms with van der Waals surface area (Å²) in [6, 6.07) is 5.96. The van der Waals surface area contributed by atoms with Crippen molar-refractivity contribution in [1.82, 2.24) is 0 Å². The van der Waals surface area contributed by atoms with Gasteiger partial charge in [-0.1, -0.05) is 29.8 Å². The van der Waals surface area contributed by atoms with E-state index in [9.17, 15) is 0 Å². The highest BCUT2D eigenvalue weighted by Gasteiger charge is 2.51. The van der Waals surface area contributed by atoms with Gasteiger partial charge < -0.3 is 4.74 Å². The van der Waals surface area contributed by atoms with Crippen LogP contribution in [-0.4, -0.2) is 11.5 Å². The highest BCUT2D eigenvalue weighted by atomic mass is 79.9. The van der Waals surface area contributed by atoms with E-state index in [1.807, 2.05) is 18.2 Å². The van der Waals surface area contributed by atoms with E-state index in [1.54, 1.807) is 0 Å². The molecule has 2 rings (SSSR count). The van der Waals surface area contributed by atoms with Crippen LogP contribution in [0.4, 0.5) is 0 Å². The number of rotatable bonds is 3. The third-order valence-corrected chi connectivity index (χ3v) is 5.59. The number of benzene rings is 1. The lowest BCUT2D eigenvalue weighted by Crippen LogP contribution is -2.55. The molecular weight excluding hydrogens is 367 g/mol. The van der Waals surface area contributed by atoms with Crippen LogP contribution >= 0.6 is 43.5 Å². The quantitative estimate of drug-likeness (QED) is 0.637. The lowest BCUT2D eigenvalue weighted by molar-refractivity contribution is -0.0299. The second-order valence-corrected chi connectivity index (χ2v) is 7.04. The average molecular weight is 383 g/mol. The summed E-state index contributed by atoms with van der Waals surface area (Å²) in [5, 5.41) is 0.228. The van der Waals surface area contributed by atoms with Crippen LogP contribution in [0.2, 0.25) is 0 Å². The fourth-order valence-electron chi connectivity index (χ4n) is 2.12. The van der Waals surface area contributed by atoms with Crippen molar-refractivity contribution in [2.45, 2.75) is 38.2 Å².